The van der Waals surface area contributed by atoms with Crippen molar-refractivity contribution in [3.8, 4) is 11.5 Å². The van der Waals surface area contributed by atoms with Crippen molar-refractivity contribution in [3.05, 3.63) is 40.9 Å². The van der Waals surface area contributed by atoms with Crippen LogP contribution < -0.4 is 9.47 Å². The van der Waals surface area contributed by atoms with Gasteiger partial charge in [0.2, 0.25) is 0 Å². The van der Waals surface area contributed by atoms with Gasteiger partial charge in [0, 0.05) is 13.1 Å². The first-order valence-electron chi connectivity index (χ1n) is 8.02. The maximum absolute atomic E-state index is 6.10. The summed E-state index contributed by atoms with van der Waals surface area (Å²) in [4.78, 5) is 6.88. The number of rotatable bonds is 3. The summed E-state index contributed by atoms with van der Waals surface area (Å²) >= 11 is 6.10. The molecule has 1 saturated heterocycles. The Morgan fingerprint density at radius 2 is 2.09 bits per heavy atom. The standard InChI is InChI=1S/C17H20ClN3O2/c1-20-16(18)10-19-17(20)11-21-6-2-3-13(21)12-4-5-14-15(9-12)23-8-7-22-14/h4-5,9-10,13H,2-3,6-8,11H2,1H3. The average molecular weight is 334 g/mol. The van der Waals surface area contributed by atoms with E-state index in [2.05, 4.69) is 22.0 Å². The molecule has 0 bridgehead atoms. The van der Waals surface area contributed by atoms with Crippen LogP contribution >= 0.6 is 11.6 Å². The Morgan fingerprint density at radius 1 is 1.26 bits per heavy atom. The van der Waals surface area contributed by atoms with Crippen molar-refractivity contribution < 1.29 is 9.47 Å². The van der Waals surface area contributed by atoms with Gasteiger partial charge in [-0.05, 0) is 37.1 Å². The van der Waals surface area contributed by atoms with Gasteiger partial charge in [-0.1, -0.05) is 17.7 Å². The quantitative estimate of drug-likeness (QED) is 0.865. The molecule has 1 atom stereocenters. The van der Waals surface area contributed by atoms with E-state index in [4.69, 9.17) is 21.1 Å². The van der Waals surface area contributed by atoms with Crippen LogP contribution in [-0.2, 0) is 13.6 Å². The molecular formula is C17H20ClN3O2. The molecule has 1 unspecified atom stereocenters. The highest BCUT2D eigenvalue weighted by Gasteiger charge is 2.28. The molecule has 1 aromatic heterocycles. The molecule has 1 fully saturated rings. The van der Waals surface area contributed by atoms with E-state index in [0.29, 0.717) is 24.4 Å². The Bertz CT molecular complexity index is 716. The molecule has 6 heteroatoms. The summed E-state index contributed by atoms with van der Waals surface area (Å²) in [6, 6.07) is 6.70. The number of halogens is 1. The predicted molar refractivity (Wildman–Crippen MR) is 88.0 cm³/mol. The van der Waals surface area contributed by atoms with Crippen molar-refractivity contribution in [3.63, 3.8) is 0 Å². The van der Waals surface area contributed by atoms with Crippen molar-refractivity contribution in [1.82, 2.24) is 14.5 Å². The maximum atomic E-state index is 6.10. The number of hydrogen-bond acceptors (Lipinski definition) is 4. The topological polar surface area (TPSA) is 39.5 Å². The molecule has 1 aromatic carbocycles. The minimum atomic E-state index is 0.390. The lowest BCUT2D eigenvalue weighted by Gasteiger charge is -2.26. The zero-order valence-corrected chi connectivity index (χ0v) is 13.9. The van der Waals surface area contributed by atoms with Gasteiger partial charge in [0.15, 0.2) is 11.5 Å². The van der Waals surface area contributed by atoms with E-state index in [-0.39, 0.29) is 0 Å². The summed E-state index contributed by atoms with van der Waals surface area (Å²) in [5, 5.41) is 0.676. The lowest BCUT2D eigenvalue weighted by Crippen LogP contribution is -2.24. The third kappa shape index (κ3) is 2.79. The summed E-state index contributed by atoms with van der Waals surface area (Å²) in [6.07, 6.45) is 4.06. The molecule has 0 amide bonds. The largest absolute Gasteiger partial charge is 0.486 e. The van der Waals surface area contributed by atoms with Crippen molar-refractivity contribution in [1.29, 1.82) is 0 Å². The predicted octanol–water partition coefficient (Wildman–Crippen LogP) is 3.18. The van der Waals surface area contributed by atoms with Crippen LogP contribution in [0.2, 0.25) is 5.15 Å². The second-order valence-electron chi connectivity index (χ2n) is 6.09. The molecule has 0 N–H and O–H groups in total. The van der Waals surface area contributed by atoms with Crippen LogP contribution in [0.3, 0.4) is 0 Å². The van der Waals surface area contributed by atoms with Crippen LogP contribution in [0.1, 0.15) is 30.3 Å². The van der Waals surface area contributed by atoms with E-state index in [1.165, 1.54) is 12.0 Å². The summed E-state index contributed by atoms with van der Waals surface area (Å²) in [5.41, 5.74) is 1.28. The van der Waals surface area contributed by atoms with E-state index < -0.39 is 0 Å². The molecular weight excluding hydrogens is 314 g/mol. The van der Waals surface area contributed by atoms with Gasteiger partial charge in [0.1, 0.15) is 24.2 Å². The molecule has 0 radical (unpaired) electrons. The highest BCUT2D eigenvalue weighted by atomic mass is 35.5. The Hall–Kier alpha value is -1.72. The summed E-state index contributed by atoms with van der Waals surface area (Å²) < 4.78 is 13.3. The smallest absolute Gasteiger partial charge is 0.161 e. The third-order valence-electron chi connectivity index (χ3n) is 4.69. The Labute approximate surface area is 140 Å². The SMILES string of the molecule is Cn1c(Cl)cnc1CN1CCCC1c1ccc2c(c1)OCCO2. The number of fused-ring (bicyclic) bond motifs is 1. The molecule has 2 aliphatic rings. The van der Waals surface area contributed by atoms with Gasteiger partial charge in [-0.25, -0.2) is 4.98 Å². The van der Waals surface area contributed by atoms with Crippen LogP contribution in [0.15, 0.2) is 24.4 Å². The summed E-state index contributed by atoms with van der Waals surface area (Å²) in [5.74, 6) is 2.71. The van der Waals surface area contributed by atoms with E-state index in [1.54, 1.807) is 6.20 Å². The number of ether oxygens (including phenoxy) is 2. The average Bonchev–Trinajstić information content (AvgIpc) is 3.16. The third-order valence-corrected chi connectivity index (χ3v) is 5.04. The summed E-state index contributed by atoms with van der Waals surface area (Å²) in [7, 11) is 1.96. The maximum Gasteiger partial charge on any atom is 0.161 e. The van der Waals surface area contributed by atoms with Crippen molar-refractivity contribution >= 4 is 11.6 Å². The first-order chi connectivity index (χ1) is 11.2. The molecule has 3 heterocycles. The van der Waals surface area contributed by atoms with E-state index in [0.717, 1.165) is 36.8 Å². The van der Waals surface area contributed by atoms with Gasteiger partial charge in [-0.15, -0.1) is 0 Å². The molecule has 23 heavy (non-hydrogen) atoms. The van der Waals surface area contributed by atoms with Gasteiger partial charge < -0.3 is 14.0 Å². The zero-order chi connectivity index (χ0) is 15.8. The van der Waals surface area contributed by atoms with E-state index >= 15 is 0 Å². The number of likely N-dealkylation sites (tertiary alicyclic amines) is 1. The number of imidazole rings is 1. The lowest BCUT2D eigenvalue weighted by atomic mass is 10.0. The molecule has 2 aromatic rings. The van der Waals surface area contributed by atoms with Crippen LogP contribution in [0.25, 0.3) is 0 Å². The Kier molecular flexibility index (Phi) is 3.91. The van der Waals surface area contributed by atoms with Crippen molar-refractivity contribution in [2.24, 2.45) is 7.05 Å². The van der Waals surface area contributed by atoms with Gasteiger partial charge in [0.05, 0.1) is 12.7 Å². The second-order valence-corrected chi connectivity index (χ2v) is 6.48. The molecule has 122 valence electrons. The highest BCUT2D eigenvalue weighted by Crippen LogP contribution is 2.38. The fraction of sp³-hybridized carbons (Fsp3) is 0.471. The lowest BCUT2D eigenvalue weighted by molar-refractivity contribution is 0.170. The Morgan fingerprint density at radius 3 is 2.87 bits per heavy atom. The van der Waals surface area contributed by atoms with Crippen LogP contribution in [0.5, 0.6) is 11.5 Å². The van der Waals surface area contributed by atoms with E-state index in [1.807, 2.05) is 17.7 Å². The Balaban J connectivity index is 1.56. The monoisotopic (exact) mass is 333 g/mol. The minimum absolute atomic E-state index is 0.390. The highest BCUT2D eigenvalue weighted by molar-refractivity contribution is 6.29. The number of aromatic nitrogens is 2. The van der Waals surface area contributed by atoms with Crippen molar-refractivity contribution in [2.75, 3.05) is 19.8 Å². The van der Waals surface area contributed by atoms with Gasteiger partial charge >= 0.3 is 0 Å². The zero-order valence-electron chi connectivity index (χ0n) is 13.2. The molecule has 5 nitrogen and oxygen atoms in total. The fourth-order valence-corrected chi connectivity index (χ4v) is 3.56. The second kappa shape index (κ2) is 6.06. The number of benzene rings is 1. The van der Waals surface area contributed by atoms with Gasteiger partial charge in [0.25, 0.3) is 0 Å². The molecule has 4 rings (SSSR count). The molecule has 0 saturated carbocycles. The molecule has 0 aliphatic carbocycles. The number of nitrogens with zero attached hydrogens (tertiary/aromatic N) is 3. The first kappa shape index (κ1) is 14.8. The van der Waals surface area contributed by atoms with Crippen molar-refractivity contribution in [2.45, 2.75) is 25.4 Å². The minimum Gasteiger partial charge on any atom is -0.486 e. The van der Waals surface area contributed by atoms with Gasteiger partial charge in [-0.3, -0.25) is 4.90 Å². The molecule has 2 aliphatic heterocycles. The molecule has 0 spiro atoms. The van der Waals surface area contributed by atoms with Crippen LogP contribution in [-0.4, -0.2) is 34.2 Å². The van der Waals surface area contributed by atoms with Crippen LogP contribution in [0.4, 0.5) is 0 Å². The fourth-order valence-electron chi connectivity index (χ4n) is 3.41. The number of hydrogen-bond donors (Lipinski definition) is 0. The summed E-state index contributed by atoms with van der Waals surface area (Å²) in [6.45, 7) is 3.13. The van der Waals surface area contributed by atoms with E-state index in [9.17, 15) is 0 Å². The normalized spacial score (nSPS) is 20.9. The first-order valence-corrected chi connectivity index (χ1v) is 8.40. The van der Waals surface area contributed by atoms with Crippen LogP contribution in [0, 0.1) is 0 Å². The van der Waals surface area contributed by atoms with Gasteiger partial charge in [-0.2, -0.15) is 0 Å².